The van der Waals surface area contributed by atoms with E-state index in [1.165, 1.54) is 12.1 Å². The minimum atomic E-state index is -4.36. The molecule has 0 bridgehead atoms. The van der Waals surface area contributed by atoms with Crippen molar-refractivity contribution in [3.05, 3.63) is 35.4 Å². The summed E-state index contributed by atoms with van der Waals surface area (Å²) >= 11 is 0. The SMILES string of the molecule is CC(C)(C)OC(=O)C(CN)Cc1ccc(C(F)(F)F)cc1. The highest BCUT2D eigenvalue weighted by Crippen LogP contribution is 2.29. The number of rotatable bonds is 4. The zero-order valence-electron chi connectivity index (χ0n) is 12.3. The molecule has 1 aromatic rings. The molecule has 0 saturated carbocycles. The largest absolute Gasteiger partial charge is 0.460 e. The fourth-order valence-electron chi connectivity index (χ4n) is 1.76. The van der Waals surface area contributed by atoms with E-state index in [0.29, 0.717) is 5.56 Å². The lowest BCUT2D eigenvalue weighted by Crippen LogP contribution is -2.33. The molecule has 1 unspecified atom stereocenters. The Bertz CT molecular complexity index is 475. The Labute approximate surface area is 122 Å². The normalized spacial score (nSPS) is 13.9. The molecule has 21 heavy (non-hydrogen) atoms. The van der Waals surface area contributed by atoms with Gasteiger partial charge in [-0.25, -0.2) is 0 Å². The Kier molecular flexibility index (Phi) is 5.39. The first kappa shape index (κ1) is 17.5. The van der Waals surface area contributed by atoms with Crippen LogP contribution in [-0.4, -0.2) is 18.1 Å². The standard InChI is InChI=1S/C15H20F3NO2/c1-14(2,3)21-13(20)11(9-19)8-10-4-6-12(7-5-10)15(16,17)18/h4-7,11H,8-9,19H2,1-3H3. The maximum absolute atomic E-state index is 12.5. The molecule has 1 rings (SSSR count). The fraction of sp³-hybridized carbons (Fsp3) is 0.533. The number of hydrogen-bond donors (Lipinski definition) is 1. The number of carbonyl (C=O) groups excluding carboxylic acids is 1. The first-order chi connectivity index (χ1) is 9.53. The number of nitrogens with two attached hydrogens (primary N) is 1. The van der Waals surface area contributed by atoms with E-state index in [1.54, 1.807) is 20.8 Å². The third-order valence-electron chi connectivity index (χ3n) is 2.79. The Balaban J connectivity index is 2.76. The Morgan fingerprint density at radius 2 is 1.71 bits per heavy atom. The summed E-state index contributed by atoms with van der Waals surface area (Å²) < 4.78 is 42.6. The predicted molar refractivity (Wildman–Crippen MR) is 73.5 cm³/mol. The number of hydrogen-bond acceptors (Lipinski definition) is 3. The van der Waals surface area contributed by atoms with E-state index in [-0.39, 0.29) is 13.0 Å². The van der Waals surface area contributed by atoms with Gasteiger partial charge in [-0.05, 0) is 44.9 Å². The van der Waals surface area contributed by atoms with Crippen LogP contribution in [0.25, 0.3) is 0 Å². The van der Waals surface area contributed by atoms with Gasteiger partial charge in [0.1, 0.15) is 5.60 Å². The molecule has 0 amide bonds. The fourth-order valence-corrected chi connectivity index (χ4v) is 1.76. The van der Waals surface area contributed by atoms with Crippen LogP contribution in [0.1, 0.15) is 31.9 Å². The van der Waals surface area contributed by atoms with E-state index in [9.17, 15) is 18.0 Å². The molecule has 0 heterocycles. The van der Waals surface area contributed by atoms with Gasteiger partial charge in [0.05, 0.1) is 11.5 Å². The van der Waals surface area contributed by atoms with Crippen molar-refractivity contribution in [1.82, 2.24) is 0 Å². The van der Waals surface area contributed by atoms with Crippen molar-refractivity contribution < 1.29 is 22.7 Å². The van der Waals surface area contributed by atoms with Gasteiger partial charge in [-0.15, -0.1) is 0 Å². The lowest BCUT2D eigenvalue weighted by molar-refractivity contribution is -0.159. The van der Waals surface area contributed by atoms with Crippen LogP contribution >= 0.6 is 0 Å². The maximum atomic E-state index is 12.5. The maximum Gasteiger partial charge on any atom is 0.416 e. The highest BCUT2D eigenvalue weighted by Gasteiger charge is 2.30. The topological polar surface area (TPSA) is 52.3 Å². The molecule has 0 aliphatic carbocycles. The summed E-state index contributed by atoms with van der Waals surface area (Å²) in [5.74, 6) is -1.01. The average molecular weight is 303 g/mol. The van der Waals surface area contributed by atoms with Gasteiger partial charge < -0.3 is 10.5 Å². The molecule has 0 aromatic heterocycles. The number of benzene rings is 1. The van der Waals surface area contributed by atoms with E-state index in [1.807, 2.05) is 0 Å². The lowest BCUT2D eigenvalue weighted by Gasteiger charge is -2.23. The van der Waals surface area contributed by atoms with Gasteiger partial charge in [0.15, 0.2) is 0 Å². The van der Waals surface area contributed by atoms with Crippen LogP contribution in [0.4, 0.5) is 13.2 Å². The van der Waals surface area contributed by atoms with E-state index in [4.69, 9.17) is 10.5 Å². The van der Waals surface area contributed by atoms with Crippen LogP contribution in [0.15, 0.2) is 24.3 Å². The highest BCUT2D eigenvalue weighted by molar-refractivity contribution is 5.73. The van der Waals surface area contributed by atoms with Crippen molar-refractivity contribution >= 4 is 5.97 Å². The molecule has 0 aliphatic rings. The number of esters is 1. The van der Waals surface area contributed by atoms with Gasteiger partial charge in [-0.1, -0.05) is 12.1 Å². The van der Waals surface area contributed by atoms with Crippen molar-refractivity contribution in [3.63, 3.8) is 0 Å². The molecule has 0 aliphatic heterocycles. The quantitative estimate of drug-likeness (QED) is 0.869. The summed E-state index contributed by atoms with van der Waals surface area (Å²) in [6.45, 7) is 5.32. The molecule has 1 atom stereocenters. The zero-order chi connectivity index (χ0) is 16.3. The second-order valence-corrected chi connectivity index (χ2v) is 5.86. The number of ether oxygens (including phenoxy) is 1. The van der Waals surface area contributed by atoms with Crippen molar-refractivity contribution in [2.24, 2.45) is 11.7 Å². The second kappa shape index (κ2) is 6.47. The molecule has 3 nitrogen and oxygen atoms in total. The molecule has 0 fully saturated rings. The summed E-state index contributed by atoms with van der Waals surface area (Å²) in [5, 5.41) is 0. The summed E-state index contributed by atoms with van der Waals surface area (Å²) in [7, 11) is 0. The van der Waals surface area contributed by atoms with Crippen LogP contribution < -0.4 is 5.73 Å². The van der Waals surface area contributed by atoms with E-state index < -0.39 is 29.2 Å². The first-order valence-electron chi connectivity index (χ1n) is 6.62. The van der Waals surface area contributed by atoms with Gasteiger partial charge in [-0.3, -0.25) is 4.79 Å². The Hall–Kier alpha value is -1.56. The van der Waals surface area contributed by atoms with Crippen molar-refractivity contribution in [1.29, 1.82) is 0 Å². The third-order valence-corrected chi connectivity index (χ3v) is 2.79. The van der Waals surface area contributed by atoms with Gasteiger partial charge >= 0.3 is 12.1 Å². The summed E-state index contributed by atoms with van der Waals surface area (Å²) in [4.78, 5) is 11.9. The number of halogens is 3. The monoisotopic (exact) mass is 303 g/mol. The van der Waals surface area contributed by atoms with Crippen LogP contribution in [0.5, 0.6) is 0 Å². The van der Waals surface area contributed by atoms with E-state index >= 15 is 0 Å². The van der Waals surface area contributed by atoms with Crippen LogP contribution in [-0.2, 0) is 22.1 Å². The number of carbonyl (C=O) groups is 1. The molecule has 0 saturated heterocycles. The van der Waals surface area contributed by atoms with E-state index in [2.05, 4.69) is 0 Å². The molecule has 1 aromatic carbocycles. The van der Waals surface area contributed by atoms with Gasteiger partial charge in [0, 0.05) is 6.54 Å². The molecular formula is C15H20F3NO2. The van der Waals surface area contributed by atoms with Crippen molar-refractivity contribution in [3.8, 4) is 0 Å². The minimum Gasteiger partial charge on any atom is -0.460 e. The second-order valence-electron chi connectivity index (χ2n) is 5.86. The average Bonchev–Trinajstić information content (AvgIpc) is 2.33. The van der Waals surface area contributed by atoms with E-state index in [0.717, 1.165) is 12.1 Å². The number of alkyl halides is 3. The first-order valence-corrected chi connectivity index (χ1v) is 6.62. The van der Waals surface area contributed by atoms with Gasteiger partial charge in [0.2, 0.25) is 0 Å². The zero-order valence-corrected chi connectivity index (χ0v) is 12.3. The highest BCUT2D eigenvalue weighted by atomic mass is 19.4. The molecule has 118 valence electrons. The molecule has 0 spiro atoms. The Morgan fingerprint density at radius 1 is 1.19 bits per heavy atom. The van der Waals surface area contributed by atoms with Crippen LogP contribution in [0.2, 0.25) is 0 Å². The minimum absolute atomic E-state index is 0.0793. The molecule has 2 N–H and O–H groups in total. The van der Waals surface area contributed by atoms with Crippen molar-refractivity contribution in [2.45, 2.75) is 39.0 Å². The predicted octanol–water partition coefficient (Wildman–Crippen LogP) is 3.16. The molecular weight excluding hydrogens is 283 g/mol. The summed E-state index contributed by atoms with van der Waals surface area (Å²) in [6, 6.07) is 4.71. The van der Waals surface area contributed by atoms with Crippen LogP contribution in [0.3, 0.4) is 0 Å². The summed E-state index contributed by atoms with van der Waals surface area (Å²) in [6.07, 6.45) is -4.11. The smallest absolute Gasteiger partial charge is 0.416 e. The van der Waals surface area contributed by atoms with Gasteiger partial charge in [-0.2, -0.15) is 13.2 Å². The summed E-state index contributed by atoms with van der Waals surface area (Å²) in [5.41, 5.74) is 4.84. The lowest BCUT2D eigenvalue weighted by atomic mass is 9.98. The molecule has 6 heteroatoms. The Morgan fingerprint density at radius 3 is 2.10 bits per heavy atom. The van der Waals surface area contributed by atoms with Crippen LogP contribution in [0, 0.1) is 5.92 Å². The van der Waals surface area contributed by atoms with Gasteiger partial charge in [0.25, 0.3) is 0 Å². The third kappa shape index (κ3) is 5.75. The molecule has 0 radical (unpaired) electrons. The van der Waals surface area contributed by atoms with Crippen molar-refractivity contribution in [2.75, 3.05) is 6.54 Å².